The monoisotopic (exact) mass is 280 g/mol. The molecule has 2 heterocycles. The zero-order valence-corrected chi connectivity index (χ0v) is 12.9. The first-order chi connectivity index (χ1) is 9.08. The Morgan fingerprint density at radius 3 is 2.58 bits per heavy atom. The summed E-state index contributed by atoms with van der Waals surface area (Å²) >= 11 is 1.83. The van der Waals surface area contributed by atoms with Gasteiger partial charge in [-0.2, -0.15) is 0 Å². The van der Waals surface area contributed by atoms with Crippen LogP contribution in [0, 0.1) is 5.92 Å². The first-order valence-corrected chi connectivity index (χ1v) is 8.01. The fraction of sp³-hybridized carbons (Fsp3) is 0.667. The van der Waals surface area contributed by atoms with Crippen molar-refractivity contribution in [3.05, 3.63) is 22.4 Å². The van der Waals surface area contributed by atoms with Crippen LogP contribution in [0.3, 0.4) is 0 Å². The van der Waals surface area contributed by atoms with E-state index in [0.29, 0.717) is 18.0 Å². The second kappa shape index (κ2) is 6.53. The summed E-state index contributed by atoms with van der Waals surface area (Å²) in [6, 6.07) is 5.31. The van der Waals surface area contributed by atoms with Crippen molar-refractivity contribution in [1.29, 1.82) is 0 Å². The third-order valence-electron chi connectivity index (χ3n) is 3.87. The molecule has 4 heteroatoms. The predicted octanol–water partition coefficient (Wildman–Crippen LogP) is 3.05. The Hall–Kier alpha value is -0.870. The number of hydrogen-bond donors (Lipinski definition) is 1. The van der Waals surface area contributed by atoms with Gasteiger partial charge in [0.15, 0.2) is 0 Å². The van der Waals surface area contributed by atoms with Gasteiger partial charge in [0.2, 0.25) is 5.91 Å². The van der Waals surface area contributed by atoms with Crippen LogP contribution in [-0.4, -0.2) is 29.9 Å². The lowest BCUT2D eigenvalue weighted by Gasteiger charge is -2.35. The van der Waals surface area contributed by atoms with Gasteiger partial charge in [0, 0.05) is 37.0 Å². The van der Waals surface area contributed by atoms with E-state index in [-0.39, 0.29) is 5.91 Å². The average molecular weight is 280 g/mol. The van der Waals surface area contributed by atoms with Gasteiger partial charge in [-0.1, -0.05) is 19.9 Å². The molecule has 1 aliphatic heterocycles. The highest BCUT2D eigenvalue weighted by Crippen LogP contribution is 2.27. The van der Waals surface area contributed by atoms with Gasteiger partial charge in [0.05, 0.1) is 0 Å². The molecule has 0 aliphatic carbocycles. The number of hydrogen-bond acceptors (Lipinski definition) is 3. The van der Waals surface area contributed by atoms with Crippen molar-refractivity contribution < 1.29 is 4.79 Å². The number of thiophene rings is 1. The van der Waals surface area contributed by atoms with Crippen LogP contribution in [0.25, 0.3) is 0 Å². The Balaban J connectivity index is 1.91. The first-order valence-electron chi connectivity index (χ1n) is 7.13. The van der Waals surface area contributed by atoms with Crippen molar-refractivity contribution in [3.8, 4) is 0 Å². The van der Waals surface area contributed by atoms with Crippen molar-refractivity contribution in [3.63, 3.8) is 0 Å². The van der Waals surface area contributed by atoms with Crippen LogP contribution >= 0.6 is 11.3 Å². The van der Waals surface area contributed by atoms with E-state index in [9.17, 15) is 4.79 Å². The largest absolute Gasteiger partial charge is 0.343 e. The summed E-state index contributed by atoms with van der Waals surface area (Å²) in [6.45, 7) is 7.98. The molecule has 3 nitrogen and oxygen atoms in total. The number of nitrogens with zero attached hydrogens (tertiary/aromatic N) is 1. The molecule has 0 spiro atoms. The minimum absolute atomic E-state index is 0.206. The quantitative estimate of drug-likeness (QED) is 0.919. The van der Waals surface area contributed by atoms with E-state index >= 15 is 0 Å². The zero-order valence-electron chi connectivity index (χ0n) is 12.1. The number of rotatable bonds is 4. The lowest BCUT2D eigenvalue weighted by molar-refractivity contribution is -0.129. The third-order valence-corrected chi connectivity index (χ3v) is 4.83. The van der Waals surface area contributed by atoms with Crippen LogP contribution in [0.4, 0.5) is 0 Å². The number of likely N-dealkylation sites (tertiary alicyclic amines) is 1. The van der Waals surface area contributed by atoms with E-state index in [4.69, 9.17) is 0 Å². The SMILES string of the molecule is CC(=O)N1CCC(NC(c2cccs2)C(C)C)CC1. The highest BCUT2D eigenvalue weighted by Gasteiger charge is 2.25. The third kappa shape index (κ3) is 3.80. The van der Waals surface area contributed by atoms with Gasteiger partial charge in [-0.25, -0.2) is 0 Å². The van der Waals surface area contributed by atoms with Gasteiger partial charge >= 0.3 is 0 Å². The van der Waals surface area contributed by atoms with E-state index in [1.807, 2.05) is 16.2 Å². The van der Waals surface area contributed by atoms with E-state index in [1.54, 1.807) is 6.92 Å². The Labute approximate surface area is 120 Å². The molecule has 1 fully saturated rings. The molecule has 19 heavy (non-hydrogen) atoms. The average Bonchev–Trinajstić information content (AvgIpc) is 2.89. The molecule has 0 aromatic carbocycles. The predicted molar refractivity (Wildman–Crippen MR) is 80.3 cm³/mol. The number of nitrogens with one attached hydrogen (secondary N) is 1. The van der Waals surface area contributed by atoms with E-state index in [2.05, 4.69) is 36.7 Å². The van der Waals surface area contributed by atoms with E-state index in [1.165, 1.54) is 4.88 Å². The van der Waals surface area contributed by atoms with Gasteiger partial charge in [-0.15, -0.1) is 11.3 Å². The molecule has 2 rings (SSSR count). The molecule has 1 N–H and O–H groups in total. The molecule has 106 valence electrons. The summed E-state index contributed by atoms with van der Waals surface area (Å²) in [6.07, 6.45) is 2.13. The standard InChI is InChI=1S/C15H24N2OS/c1-11(2)15(14-5-4-10-19-14)16-13-6-8-17(9-7-13)12(3)18/h4-5,10-11,13,15-16H,6-9H2,1-3H3. The van der Waals surface area contributed by atoms with Crippen LogP contribution in [-0.2, 0) is 4.79 Å². The maximum atomic E-state index is 11.3. The highest BCUT2D eigenvalue weighted by molar-refractivity contribution is 7.10. The minimum atomic E-state index is 0.206. The van der Waals surface area contributed by atoms with Crippen molar-refractivity contribution in [2.45, 2.75) is 45.7 Å². The Bertz CT molecular complexity index is 394. The molecule has 1 saturated heterocycles. The zero-order chi connectivity index (χ0) is 13.8. The Morgan fingerprint density at radius 1 is 1.42 bits per heavy atom. The molecule has 1 atom stereocenters. The van der Waals surface area contributed by atoms with Gasteiger partial charge < -0.3 is 10.2 Å². The molecular weight excluding hydrogens is 256 g/mol. The molecule has 0 radical (unpaired) electrons. The summed E-state index contributed by atoms with van der Waals surface area (Å²) < 4.78 is 0. The van der Waals surface area contributed by atoms with Gasteiger partial charge in [0.1, 0.15) is 0 Å². The smallest absolute Gasteiger partial charge is 0.219 e. The van der Waals surface area contributed by atoms with Gasteiger partial charge in [-0.3, -0.25) is 4.79 Å². The van der Waals surface area contributed by atoms with E-state index < -0.39 is 0 Å². The summed E-state index contributed by atoms with van der Waals surface area (Å²) in [4.78, 5) is 14.7. The van der Waals surface area contributed by atoms with Crippen molar-refractivity contribution in [1.82, 2.24) is 10.2 Å². The maximum Gasteiger partial charge on any atom is 0.219 e. The van der Waals surface area contributed by atoms with Crippen LogP contribution < -0.4 is 5.32 Å². The lowest BCUT2D eigenvalue weighted by Crippen LogP contribution is -2.45. The normalized spacial score (nSPS) is 18.8. The van der Waals surface area contributed by atoms with Gasteiger partial charge in [0.25, 0.3) is 0 Å². The molecule has 1 aromatic rings. The number of carbonyl (C=O) groups excluding carboxylic acids is 1. The molecular formula is C15H24N2OS. The molecule has 1 aromatic heterocycles. The fourth-order valence-electron chi connectivity index (χ4n) is 2.69. The minimum Gasteiger partial charge on any atom is -0.343 e. The molecule has 0 bridgehead atoms. The maximum absolute atomic E-state index is 11.3. The molecule has 1 unspecified atom stereocenters. The summed E-state index contributed by atoms with van der Waals surface area (Å²) in [5.41, 5.74) is 0. The molecule has 0 saturated carbocycles. The second-order valence-corrected chi connectivity index (χ2v) is 6.66. The summed E-state index contributed by atoms with van der Waals surface area (Å²) in [5, 5.41) is 5.93. The van der Waals surface area contributed by atoms with Crippen LogP contribution in [0.2, 0.25) is 0 Å². The van der Waals surface area contributed by atoms with Crippen molar-refractivity contribution in [2.75, 3.05) is 13.1 Å². The van der Waals surface area contributed by atoms with Crippen molar-refractivity contribution >= 4 is 17.2 Å². The molecule has 1 aliphatic rings. The van der Waals surface area contributed by atoms with Crippen LogP contribution in [0.1, 0.15) is 44.5 Å². The fourth-order valence-corrected chi connectivity index (χ4v) is 3.64. The van der Waals surface area contributed by atoms with Crippen molar-refractivity contribution in [2.24, 2.45) is 5.92 Å². The number of piperidine rings is 1. The molecule has 1 amide bonds. The Kier molecular flexibility index (Phi) is 4.99. The lowest BCUT2D eigenvalue weighted by atomic mass is 9.98. The topological polar surface area (TPSA) is 32.3 Å². The first kappa shape index (κ1) is 14.5. The number of amides is 1. The Morgan fingerprint density at radius 2 is 2.11 bits per heavy atom. The summed E-state index contributed by atoms with van der Waals surface area (Å²) in [5.74, 6) is 0.793. The number of carbonyl (C=O) groups is 1. The highest BCUT2D eigenvalue weighted by atomic mass is 32.1. The second-order valence-electron chi connectivity index (χ2n) is 5.68. The van der Waals surface area contributed by atoms with Crippen LogP contribution in [0.15, 0.2) is 17.5 Å². The van der Waals surface area contributed by atoms with Gasteiger partial charge in [-0.05, 0) is 30.2 Å². The van der Waals surface area contributed by atoms with E-state index in [0.717, 1.165) is 25.9 Å². The summed E-state index contributed by atoms with van der Waals surface area (Å²) in [7, 11) is 0. The van der Waals surface area contributed by atoms with Crippen LogP contribution in [0.5, 0.6) is 0 Å².